The van der Waals surface area contributed by atoms with Crippen molar-refractivity contribution in [2.75, 3.05) is 0 Å². The van der Waals surface area contributed by atoms with Crippen molar-refractivity contribution in [1.29, 1.82) is 0 Å². The number of aryl methyl sites for hydroxylation is 1. The van der Waals surface area contributed by atoms with Crippen LogP contribution >= 0.6 is 34.8 Å². The average molecular weight is 577 g/mol. The summed E-state index contributed by atoms with van der Waals surface area (Å²) < 4.78 is 5.58. The van der Waals surface area contributed by atoms with E-state index in [1.807, 2.05) is 25.1 Å². The van der Waals surface area contributed by atoms with Gasteiger partial charge in [0.25, 0.3) is 5.91 Å². The number of aromatic amines is 1. The van der Waals surface area contributed by atoms with E-state index >= 15 is 0 Å². The molecule has 0 saturated carbocycles. The number of H-pyrrole nitrogens is 1. The van der Waals surface area contributed by atoms with E-state index in [2.05, 4.69) is 15.5 Å². The van der Waals surface area contributed by atoms with Crippen molar-refractivity contribution in [3.8, 4) is 16.9 Å². The molecule has 0 aliphatic heterocycles. The molecule has 0 saturated heterocycles. The number of hydrogen-bond acceptors (Lipinski definition) is 4. The molecule has 0 atom stereocenters. The maximum Gasteiger partial charge on any atom is 0.343 e. The van der Waals surface area contributed by atoms with E-state index in [4.69, 9.17) is 39.5 Å². The van der Waals surface area contributed by atoms with Gasteiger partial charge in [-0.1, -0.05) is 82.8 Å². The molecular formula is C30H20Cl3N3O3. The summed E-state index contributed by atoms with van der Waals surface area (Å²) >= 11 is 19.2. The summed E-state index contributed by atoms with van der Waals surface area (Å²) in [7, 11) is 0. The Labute approximate surface area is 239 Å². The summed E-state index contributed by atoms with van der Waals surface area (Å²) in [4.78, 5) is 29.0. The number of halogens is 3. The van der Waals surface area contributed by atoms with Gasteiger partial charge in [-0.3, -0.25) is 4.79 Å². The molecule has 0 radical (unpaired) electrons. The van der Waals surface area contributed by atoms with Crippen molar-refractivity contribution in [1.82, 2.24) is 10.4 Å². The fourth-order valence-corrected chi connectivity index (χ4v) is 4.92. The summed E-state index contributed by atoms with van der Waals surface area (Å²) in [6, 6.07) is 24.4. The highest BCUT2D eigenvalue weighted by Gasteiger charge is 2.23. The van der Waals surface area contributed by atoms with Gasteiger partial charge in [-0.2, -0.15) is 5.10 Å². The Morgan fingerprint density at radius 2 is 1.62 bits per heavy atom. The lowest BCUT2D eigenvalue weighted by Gasteiger charge is -2.08. The largest absolute Gasteiger partial charge is 0.422 e. The van der Waals surface area contributed by atoms with Crippen LogP contribution in [-0.2, 0) is 0 Å². The lowest BCUT2D eigenvalue weighted by molar-refractivity contribution is 0.0734. The van der Waals surface area contributed by atoms with Gasteiger partial charge in [-0.15, -0.1) is 0 Å². The highest BCUT2D eigenvalue weighted by Crippen LogP contribution is 2.41. The van der Waals surface area contributed by atoms with Gasteiger partial charge in [0.15, 0.2) is 0 Å². The number of hydrogen-bond donors (Lipinski definition) is 2. The molecule has 0 spiro atoms. The maximum absolute atomic E-state index is 13.3. The summed E-state index contributed by atoms with van der Waals surface area (Å²) in [6.45, 7) is 1.94. The summed E-state index contributed by atoms with van der Waals surface area (Å²) in [5.74, 6) is -0.735. The third-order valence-electron chi connectivity index (χ3n) is 5.96. The van der Waals surface area contributed by atoms with Gasteiger partial charge in [0, 0.05) is 37.6 Å². The van der Waals surface area contributed by atoms with E-state index in [1.54, 1.807) is 66.7 Å². The molecule has 1 amide bonds. The molecule has 0 aliphatic rings. The third kappa shape index (κ3) is 5.68. The normalized spacial score (nSPS) is 11.2. The number of esters is 1. The second kappa shape index (κ2) is 11.3. The lowest BCUT2D eigenvalue weighted by atomic mass is 10.0. The number of carbonyl (C=O) groups is 2. The van der Waals surface area contributed by atoms with Crippen LogP contribution < -0.4 is 10.2 Å². The molecule has 0 fully saturated rings. The van der Waals surface area contributed by atoms with Crippen LogP contribution in [0.4, 0.5) is 0 Å². The predicted molar refractivity (Wildman–Crippen MR) is 156 cm³/mol. The first-order valence-electron chi connectivity index (χ1n) is 11.8. The topological polar surface area (TPSA) is 83.5 Å². The first-order valence-corrected chi connectivity index (χ1v) is 12.9. The summed E-state index contributed by atoms with van der Waals surface area (Å²) in [6.07, 6.45) is 1.40. The molecule has 194 valence electrons. The van der Waals surface area contributed by atoms with Crippen LogP contribution in [0.25, 0.3) is 22.0 Å². The number of amides is 1. The standard InChI is InChI=1S/C30H20Cl3N3O3/c1-17-10-12-18(13-11-17)30(38)39-25-9-5-2-6-19(25)16-34-36-29(37)28-26(21-7-3-4-8-22(21)32)27-23(33)14-20(31)15-24(27)35-28/h2-16,35H,1H3,(H,36,37). The molecule has 5 rings (SSSR count). The predicted octanol–water partition coefficient (Wildman–Crippen LogP) is 8.09. The zero-order valence-corrected chi connectivity index (χ0v) is 22.7. The van der Waals surface area contributed by atoms with Crippen LogP contribution in [0.5, 0.6) is 5.75 Å². The van der Waals surface area contributed by atoms with Crippen molar-refractivity contribution in [2.45, 2.75) is 6.92 Å². The van der Waals surface area contributed by atoms with Crippen LogP contribution in [0, 0.1) is 6.92 Å². The minimum atomic E-state index is -0.529. The first kappa shape index (κ1) is 26.5. The Morgan fingerprint density at radius 1 is 0.897 bits per heavy atom. The molecule has 1 heterocycles. The smallest absolute Gasteiger partial charge is 0.343 e. The molecule has 0 bridgehead atoms. The maximum atomic E-state index is 13.3. The van der Waals surface area contributed by atoms with Crippen molar-refractivity contribution >= 4 is 63.8 Å². The van der Waals surface area contributed by atoms with Crippen molar-refractivity contribution in [3.05, 3.63) is 122 Å². The molecule has 0 unspecified atom stereocenters. The number of ether oxygens (including phenoxy) is 1. The van der Waals surface area contributed by atoms with Gasteiger partial charge in [-0.05, 0) is 49.4 Å². The quantitative estimate of drug-likeness (QED) is 0.0927. The average Bonchev–Trinajstić information content (AvgIpc) is 3.30. The van der Waals surface area contributed by atoms with E-state index in [9.17, 15) is 9.59 Å². The number of fused-ring (bicyclic) bond motifs is 1. The van der Waals surface area contributed by atoms with E-state index in [1.165, 1.54) is 6.21 Å². The van der Waals surface area contributed by atoms with Crippen molar-refractivity contribution in [2.24, 2.45) is 5.10 Å². The molecule has 6 nitrogen and oxygen atoms in total. The number of carbonyl (C=O) groups excluding carboxylic acids is 2. The van der Waals surface area contributed by atoms with Crippen LogP contribution in [0.2, 0.25) is 15.1 Å². The molecule has 39 heavy (non-hydrogen) atoms. The number of hydrazone groups is 1. The SMILES string of the molecule is Cc1ccc(C(=O)Oc2ccccc2C=NNC(=O)c2[nH]c3cc(Cl)cc(Cl)c3c2-c2ccccc2Cl)cc1. The number of nitrogens with zero attached hydrogens (tertiary/aromatic N) is 1. The van der Waals surface area contributed by atoms with Crippen LogP contribution in [0.1, 0.15) is 32.0 Å². The molecule has 1 aromatic heterocycles. The minimum Gasteiger partial charge on any atom is -0.422 e. The lowest BCUT2D eigenvalue weighted by Crippen LogP contribution is -2.19. The summed E-state index contributed by atoms with van der Waals surface area (Å²) in [5, 5.41) is 5.96. The highest BCUT2D eigenvalue weighted by atomic mass is 35.5. The number of aromatic nitrogens is 1. The van der Waals surface area contributed by atoms with Gasteiger partial charge < -0.3 is 9.72 Å². The second-order valence-electron chi connectivity index (χ2n) is 8.66. The second-order valence-corrected chi connectivity index (χ2v) is 9.91. The zero-order chi connectivity index (χ0) is 27.5. The van der Waals surface area contributed by atoms with Crippen molar-refractivity contribution < 1.29 is 14.3 Å². The Balaban J connectivity index is 1.43. The number of benzene rings is 4. The van der Waals surface area contributed by atoms with Gasteiger partial charge >= 0.3 is 5.97 Å². The molecule has 0 aliphatic carbocycles. The van der Waals surface area contributed by atoms with Gasteiger partial charge in [-0.25, -0.2) is 10.2 Å². The van der Waals surface area contributed by atoms with E-state index in [0.29, 0.717) is 54.0 Å². The zero-order valence-electron chi connectivity index (χ0n) is 20.5. The fourth-order valence-electron chi connectivity index (χ4n) is 4.10. The van der Waals surface area contributed by atoms with E-state index in [0.717, 1.165) is 5.56 Å². The van der Waals surface area contributed by atoms with Gasteiger partial charge in [0.05, 0.1) is 16.8 Å². The Kier molecular flexibility index (Phi) is 7.70. The number of rotatable bonds is 6. The Morgan fingerprint density at radius 3 is 2.38 bits per heavy atom. The molecular weight excluding hydrogens is 557 g/mol. The molecule has 4 aromatic carbocycles. The minimum absolute atomic E-state index is 0.207. The van der Waals surface area contributed by atoms with Crippen molar-refractivity contribution in [3.63, 3.8) is 0 Å². The number of nitrogens with one attached hydrogen (secondary N) is 2. The fraction of sp³-hybridized carbons (Fsp3) is 0.0333. The molecule has 9 heteroatoms. The summed E-state index contributed by atoms with van der Waals surface area (Å²) in [5.41, 5.74) is 6.41. The molecule has 5 aromatic rings. The van der Waals surface area contributed by atoms with Gasteiger partial charge in [0.1, 0.15) is 11.4 Å². The van der Waals surface area contributed by atoms with Crippen LogP contribution in [-0.4, -0.2) is 23.1 Å². The first-order chi connectivity index (χ1) is 18.8. The monoisotopic (exact) mass is 575 g/mol. The Bertz CT molecular complexity index is 1740. The van der Waals surface area contributed by atoms with Crippen LogP contribution in [0.15, 0.2) is 90.0 Å². The van der Waals surface area contributed by atoms with Gasteiger partial charge in [0.2, 0.25) is 0 Å². The highest BCUT2D eigenvalue weighted by molar-refractivity contribution is 6.41. The van der Waals surface area contributed by atoms with Crippen LogP contribution in [0.3, 0.4) is 0 Å². The third-order valence-corrected chi connectivity index (χ3v) is 6.81. The van der Waals surface area contributed by atoms with E-state index in [-0.39, 0.29) is 5.69 Å². The molecule has 2 N–H and O–H groups in total. The number of para-hydroxylation sites is 1. The Hall–Kier alpha value is -4.10. The van der Waals surface area contributed by atoms with E-state index < -0.39 is 11.9 Å².